The number of nitrogens with zero attached hydrogens (tertiary/aromatic N) is 1. The fourth-order valence-corrected chi connectivity index (χ4v) is 4.78. The molecule has 3 aromatic carbocycles. The number of methoxy groups -OCH3 is 1. The SMILES string of the molecule is COc1ccc2nc(NC(=O)c3cccc(S(=O)(=O)Nc4ccc(F)cc4)c3)sc2c1. The third-order valence-electron chi connectivity index (χ3n) is 4.32. The number of hydrogen-bond donors (Lipinski definition) is 2. The van der Waals surface area contributed by atoms with Crippen molar-refractivity contribution in [2.75, 3.05) is 17.1 Å². The molecule has 0 atom stereocenters. The molecule has 4 aromatic rings. The number of halogens is 1. The topological polar surface area (TPSA) is 97.4 Å². The number of sulfonamides is 1. The van der Waals surface area contributed by atoms with Crippen LogP contribution >= 0.6 is 11.3 Å². The third kappa shape index (κ3) is 4.65. The Balaban J connectivity index is 1.54. The van der Waals surface area contributed by atoms with Gasteiger partial charge in [0, 0.05) is 11.3 Å². The zero-order valence-electron chi connectivity index (χ0n) is 16.1. The monoisotopic (exact) mass is 457 g/mol. The van der Waals surface area contributed by atoms with Crippen molar-refractivity contribution < 1.29 is 22.3 Å². The maximum atomic E-state index is 13.0. The predicted molar refractivity (Wildman–Crippen MR) is 118 cm³/mol. The molecule has 4 rings (SSSR count). The summed E-state index contributed by atoms with van der Waals surface area (Å²) in [5, 5.41) is 3.07. The van der Waals surface area contributed by atoms with Crippen molar-refractivity contribution in [1.82, 2.24) is 4.98 Å². The number of fused-ring (bicyclic) bond motifs is 1. The molecule has 0 unspecified atom stereocenters. The Morgan fingerprint density at radius 3 is 2.58 bits per heavy atom. The van der Waals surface area contributed by atoms with Gasteiger partial charge in [0.15, 0.2) is 5.13 Å². The number of aromatic nitrogens is 1. The quantitative estimate of drug-likeness (QED) is 0.444. The van der Waals surface area contributed by atoms with E-state index in [1.807, 2.05) is 6.07 Å². The van der Waals surface area contributed by atoms with E-state index in [0.29, 0.717) is 16.4 Å². The molecule has 7 nitrogen and oxygen atoms in total. The van der Waals surface area contributed by atoms with E-state index >= 15 is 0 Å². The number of carbonyl (C=O) groups is 1. The molecule has 0 aliphatic heterocycles. The van der Waals surface area contributed by atoms with Gasteiger partial charge in [-0.3, -0.25) is 14.8 Å². The van der Waals surface area contributed by atoms with Crippen molar-refractivity contribution >= 4 is 48.3 Å². The minimum atomic E-state index is -3.96. The Labute approximate surface area is 181 Å². The highest BCUT2D eigenvalue weighted by Gasteiger charge is 2.17. The molecule has 1 heterocycles. The van der Waals surface area contributed by atoms with Crippen molar-refractivity contribution in [2.24, 2.45) is 0 Å². The highest BCUT2D eigenvalue weighted by Crippen LogP contribution is 2.29. The third-order valence-corrected chi connectivity index (χ3v) is 6.63. The minimum Gasteiger partial charge on any atom is -0.497 e. The number of ether oxygens (including phenoxy) is 1. The van der Waals surface area contributed by atoms with Gasteiger partial charge in [-0.2, -0.15) is 0 Å². The summed E-state index contributed by atoms with van der Waals surface area (Å²) in [6.45, 7) is 0. The first-order valence-corrected chi connectivity index (χ1v) is 11.3. The van der Waals surface area contributed by atoms with Crippen LogP contribution in [0.25, 0.3) is 10.2 Å². The Morgan fingerprint density at radius 2 is 1.84 bits per heavy atom. The largest absolute Gasteiger partial charge is 0.497 e. The second kappa shape index (κ2) is 8.32. The Morgan fingerprint density at radius 1 is 1.06 bits per heavy atom. The lowest BCUT2D eigenvalue weighted by molar-refractivity contribution is 0.102. The maximum Gasteiger partial charge on any atom is 0.261 e. The molecule has 0 radical (unpaired) electrons. The van der Waals surface area contributed by atoms with Gasteiger partial charge in [0.2, 0.25) is 0 Å². The first kappa shape index (κ1) is 20.8. The van der Waals surface area contributed by atoms with Crippen LogP contribution in [0.1, 0.15) is 10.4 Å². The molecule has 158 valence electrons. The van der Waals surface area contributed by atoms with Crippen LogP contribution in [0.5, 0.6) is 5.75 Å². The minimum absolute atomic E-state index is 0.0986. The van der Waals surface area contributed by atoms with E-state index < -0.39 is 21.7 Å². The summed E-state index contributed by atoms with van der Waals surface area (Å²) in [4.78, 5) is 16.9. The highest BCUT2D eigenvalue weighted by molar-refractivity contribution is 7.92. The van der Waals surface area contributed by atoms with Gasteiger partial charge in [-0.25, -0.2) is 17.8 Å². The zero-order valence-corrected chi connectivity index (χ0v) is 17.8. The first-order valence-electron chi connectivity index (χ1n) is 8.98. The molecular weight excluding hydrogens is 441 g/mol. The lowest BCUT2D eigenvalue weighted by Crippen LogP contribution is -2.16. The lowest BCUT2D eigenvalue weighted by Gasteiger charge is -2.09. The molecule has 0 bridgehead atoms. The summed E-state index contributed by atoms with van der Waals surface area (Å²) in [6, 6.07) is 15.9. The fraction of sp³-hybridized carbons (Fsp3) is 0.0476. The lowest BCUT2D eigenvalue weighted by atomic mass is 10.2. The van der Waals surface area contributed by atoms with Crippen molar-refractivity contribution in [3.63, 3.8) is 0 Å². The van der Waals surface area contributed by atoms with E-state index in [1.54, 1.807) is 19.2 Å². The van der Waals surface area contributed by atoms with Gasteiger partial charge in [-0.15, -0.1) is 0 Å². The number of rotatable bonds is 6. The standard InChI is InChI=1S/C21H16FN3O4S2/c1-29-16-9-10-18-19(12-16)30-21(23-18)24-20(26)13-3-2-4-17(11-13)31(27,28)25-15-7-5-14(22)6-8-15/h2-12,25H,1H3,(H,23,24,26). The number of anilines is 2. The number of benzene rings is 3. The molecule has 2 N–H and O–H groups in total. The summed E-state index contributed by atoms with van der Waals surface area (Å²) >= 11 is 1.28. The number of carbonyl (C=O) groups excluding carboxylic acids is 1. The summed E-state index contributed by atoms with van der Waals surface area (Å²) in [5.41, 5.74) is 1.07. The van der Waals surface area contributed by atoms with E-state index in [0.717, 1.165) is 16.8 Å². The molecule has 31 heavy (non-hydrogen) atoms. The fourth-order valence-electron chi connectivity index (χ4n) is 2.79. The average Bonchev–Trinajstić information content (AvgIpc) is 3.16. The summed E-state index contributed by atoms with van der Waals surface area (Å²) in [5.74, 6) is -0.291. The van der Waals surface area contributed by atoms with E-state index in [-0.39, 0.29) is 16.1 Å². The van der Waals surface area contributed by atoms with Gasteiger partial charge >= 0.3 is 0 Å². The molecule has 0 aliphatic rings. The van der Waals surface area contributed by atoms with Crippen molar-refractivity contribution in [1.29, 1.82) is 0 Å². The van der Waals surface area contributed by atoms with Gasteiger partial charge in [0.1, 0.15) is 11.6 Å². The van der Waals surface area contributed by atoms with Gasteiger partial charge in [-0.05, 0) is 60.7 Å². The van der Waals surface area contributed by atoms with Crippen molar-refractivity contribution in [2.45, 2.75) is 4.90 Å². The normalized spacial score (nSPS) is 11.3. The molecular formula is C21H16FN3O4S2. The Hall–Kier alpha value is -3.50. The van der Waals surface area contributed by atoms with Crippen LogP contribution in [0, 0.1) is 5.82 Å². The smallest absolute Gasteiger partial charge is 0.261 e. The van der Waals surface area contributed by atoms with Crippen molar-refractivity contribution in [3.05, 3.63) is 78.1 Å². The van der Waals surface area contributed by atoms with Crippen molar-refractivity contribution in [3.8, 4) is 5.75 Å². The van der Waals surface area contributed by atoms with E-state index in [1.165, 1.54) is 47.7 Å². The van der Waals surface area contributed by atoms with Gasteiger partial charge in [0.05, 0.1) is 22.2 Å². The second-order valence-corrected chi connectivity index (χ2v) is 9.16. The number of amides is 1. The Kier molecular flexibility index (Phi) is 5.57. The van der Waals surface area contributed by atoms with Crippen LogP contribution in [0.2, 0.25) is 0 Å². The number of thiazole rings is 1. The molecule has 0 aliphatic carbocycles. The summed E-state index contributed by atoms with van der Waals surface area (Å²) in [7, 11) is -2.40. The van der Waals surface area contributed by atoms with E-state index in [4.69, 9.17) is 4.74 Å². The highest BCUT2D eigenvalue weighted by atomic mass is 32.2. The predicted octanol–water partition coefficient (Wildman–Crippen LogP) is 4.50. The van der Waals surface area contributed by atoms with Crippen LogP contribution in [0.15, 0.2) is 71.6 Å². The molecule has 0 spiro atoms. The molecule has 1 aromatic heterocycles. The van der Waals surface area contributed by atoms with Crippen LogP contribution in [0.4, 0.5) is 15.2 Å². The van der Waals surface area contributed by atoms with Crippen LogP contribution in [0.3, 0.4) is 0 Å². The maximum absolute atomic E-state index is 13.0. The van der Waals surface area contributed by atoms with Gasteiger partial charge in [-0.1, -0.05) is 17.4 Å². The zero-order chi connectivity index (χ0) is 22.0. The van der Waals surface area contributed by atoms with Crippen LogP contribution in [-0.4, -0.2) is 26.4 Å². The first-order chi connectivity index (χ1) is 14.8. The number of nitrogens with one attached hydrogen (secondary N) is 2. The molecule has 0 saturated heterocycles. The van der Waals surface area contributed by atoms with E-state index in [2.05, 4.69) is 15.0 Å². The summed E-state index contributed by atoms with van der Waals surface area (Å²) in [6.07, 6.45) is 0. The van der Waals surface area contributed by atoms with Gasteiger partial charge < -0.3 is 4.74 Å². The van der Waals surface area contributed by atoms with Gasteiger partial charge in [0.25, 0.3) is 15.9 Å². The molecule has 10 heteroatoms. The summed E-state index contributed by atoms with van der Waals surface area (Å²) < 4.78 is 46.7. The number of hydrogen-bond acceptors (Lipinski definition) is 6. The van der Waals surface area contributed by atoms with Crippen LogP contribution in [-0.2, 0) is 10.0 Å². The second-order valence-electron chi connectivity index (χ2n) is 6.45. The van der Waals surface area contributed by atoms with Crippen LogP contribution < -0.4 is 14.8 Å². The molecule has 1 amide bonds. The molecule has 0 saturated carbocycles. The average molecular weight is 458 g/mol. The van der Waals surface area contributed by atoms with E-state index in [9.17, 15) is 17.6 Å². The molecule has 0 fully saturated rings. The Bertz CT molecular complexity index is 1370.